The lowest BCUT2D eigenvalue weighted by Crippen LogP contribution is -2.31. The number of hydrogen-bond donors (Lipinski definition) is 3. The molecule has 1 aliphatic heterocycles. The zero-order chi connectivity index (χ0) is 19.8. The predicted octanol–water partition coefficient (Wildman–Crippen LogP) is 3.14. The van der Waals surface area contributed by atoms with Crippen molar-refractivity contribution in [3.05, 3.63) is 53.8 Å². The second-order valence-corrected chi connectivity index (χ2v) is 5.79. The fraction of sp³-hybridized carbons (Fsp3) is 0.211. The minimum atomic E-state index is -0.348. The Morgan fingerprint density at radius 2 is 1.96 bits per heavy atom. The molecule has 0 aliphatic carbocycles. The maximum Gasteiger partial charge on any atom is 0.290 e. The Morgan fingerprint density at radius 1 is 1.30 bits per heavy atom. The topological polar surface area (TPSA) is 100 Å². The number of hydrazone groups is 1. The maximum absolute atomic E-state index is 13.2. The number of anilines is 2. The van der Waals surface area contributed by atoms with Gasteiger partial charge in [-0.1, -0.05) is 19.1 Å². The van der Waals surface area contributed by atoms with Crippen molar-refractivity contribution in [3.8, 4) is 5.75 Å². The van der Waals surface area contributed by atoms with E-state index in [0.29, 0.717) is 17.9 Å². The summed E-state index contributed by atoms with van der Waals surface area (Å²) in [6, 6.07) is 12.0. The molecule has 0 saturated carbocycles. The Kier molecular flexibility index (Phi) is 6.87. The van der Waals surface area contributed by atoms with Gasteiger partial charge in [0.25, 0.3) is 6.47 Å². The number of carbonyl (C=O) groups is 2. The minimum Gasteiger partial charge on any atom is -0.494 e. The molecule has 1 atom stereocenters. The van der Waals surface area contributed by atoms with Crippen molar-refractivity contribution < 1.29 is 23.8 Å². The normalized spacial score (nSPS) is 15.6. The molecule has 142 valence electrons. The Hall–Kier alpha value is -3.42. The molecule has 0 spiro atoms. The number of carbonyl (C=O) groups excluding carboxylic acids is 1. The molecule has 0 aromatic heterocycles. The van der Waals surface area contributed by atoms with Gasteiger partial charge in [0.05, 0.1) is 18.5 Å². The third-order valence-electron chi connectivity index (χ3n) is 3.88. The standard InChI is InChI=1S/C18H18FN3O2.CH2O2/c1-11-9-17(23)21-22-18(11)12-3-6-14(7-4-12)20-15-8-5-13(19)10-16(15)24-2;2-1-3/h3-8,10-11,20H,9H2,1-2H3,(H,21,23);1H,(H,2,3)/t11-;/m1./s1. The molecule has 27 heavy (non-hydrogen) atoms. The second-order valence-electron chi connectivity index (χ2n) is 5.79. The molecule has 1 heterocycles. The summed E-state index contributed by atoms with van der Waals surface area (Å²) in [5, 5.41) is 14.2. The van der Waals surface area contributed by atoms with Gasteiger partial charge >= 0.3 is 0 Å². The number of rotatable bonds is 4. The molecule has 7 nitrogen and oxygen atoms in total. The molecular weight excluding hydrogens is 353 g/mol. The molecular formula is C19H20FN3O4. The number of hydrogen-bond acceptors (Lipinski definition) is 5. The van der Waals surface area contributed by atoms with Crippen molar-refractivity contribution in [3.63, 3.8) is 0 Å². The molecule has 0 unspecified atom stereocenters. The number of halogens is 1. The van der Waals surface area contributed by atoms with E-state index >= 15 is 0 Å². The van der Waals surface area contributed by atoms with Crippen molar-refractivity contribution in [2.75, 3.05) is 12.4 Å². The van der Waals surface area contributed by atoms with Gasteiger partial charge in [0, 0.05) is 24.1 Å². The first-order valence-electron chi connectivity index (χ1n) is 8.13. The highest BCUT2D eigenvalue weighted by molar-refractivity contribution is 6.05. The third-order valence-corrected chi connectivity index (χ3v) is 3.88. The Labute approximate surface area is 155 Å². The second kappa shape index (κ2) is 9.33. The molecule has 2 aromatic carbocycles. The van der Waals surface area contributed by atoms with E-state index in [9.17, 15) is 9.18 Å². The van der Waals surface area contributed by atoms with Crippen LogP contribution in [0.1, 0.15) is 18.9 Å². The van der Waals surface area contributed by atoms with E-state index in [2.05, 4.69) is 15.8 Å². The molecule has 8 heteroatoms. The highest BCUT2D eigenvalue weighted by Gasteiger charge is 2.21. The fourth-order valence-electron chi connectivity index (χ4n) is 2.65. The van der Waals surface area contributed by atoms with Crippen LogP contribution in [0.3, 0.4) is 0 Å². The summed E-state index contributed by atoms with van der Waals surface area (Å²) in [4.78, 5) is 19.7. The zero-order valence-corrected chi connectivity index (χ0v) is 14.9. The van der Waals surface area contributed by atoms with Gasteiger partial charge < -0.3 is 15.2 Å². The molecule has 2 aromatic rings. The smallest absolute Gasteiger partial charge is 0.290 e. The van der Waals surface area contributed by atoms with Crippen molar-refractivity contribution in [2.24, 2.45) is 11.0 Å². The van der Waals surface area contributed by atoms with Gasteiger partial charge in [0.2, 0.25) is 5.91 Å². The first-order valence-corrected chi connectivity index (χ1v) is 8.13. The summed E-state index contributed by atoms with van der Waals surface area (Å²) in [7, 11) is 1.50. The average Bonchev–Trinajstić information content (AvgIpc) is 2.65. The molecule has 0 fully saturated rings. The van der Waals surface area contributed by atoms with Gasteiger partial charge in [-0.25, -0.2) is 9.82 Å². The van der Waals surface area contributed by atoms with Crippen LogP contribution in [-0.4, -0.2) is 30.3 Å². The lowest BCUT2D eigenvalue weighted by atomic mass is 9.94. The fourth-order valence-corrected chi connectivity index (χ4v) is 2.65. The Morgan fingerprint density at radius 3 is 2.56 bits per heavy atom. The lowest BCUT2D eigenvalue weighted by molar-refractivity contribution is -0.123. The summed E-state index contributed by atoms with van der Waals surface area (Å²) in [5.74, 6) is 0.105. The van der Waals surface area contributed by atoms with E-state index in [1.54, 1.807) is 6.07 Å². The zero-order valence-electron chi connectivity index (χ0n) is 14.9. The van der Waals surface area contributed by atoms with E-state index in [-0.39, 0.29) is 24.1 Å². The van der Waals surface area contributed by atoms with Crippen molar-refractivity contribution in [1.29, 1.82) is 0 Å². The number of benzene rings is 2. The molecule has 3 rings (SSSR count). The van der Waals surface area contributed by atoms with Gasteiger partial charge in [-0.2, -0.15) is 5.10 Å². The van der Waals surface area contributed by atoms with Crippen LogP contribution in [0.4, 0.5) is 15.8 Å². The minimum absolute atomic E-state index is 0.0621. The van der Waals surface area contributed by atoms with E-state index in [1.807, 2.05) is 31.2 Å². The van der Waals surface area contributed by atoms with Gasteiger partial charge in [-0.15, -0.1) is 0 Å². The van der Waals surface area contributed by atoms with E-state index in [1.165, 1.54) is 19.2 Å². The number of ether oxygens (including phenoxy) is 1. The van der Waals surface area contributed by atoms with E-state index in [4.69, 9.17) is 14.6 Å². The highest BCUT2D eigenvalue weighted by Crippen LogP contribution is 2.28. The van der Waals surface area contributed by atoms with E-state index in [0.717, 1.165) is 17.0 Å². The molecule has 0 radical (unpaired) electrons. The van der Waals surface area contributed by atoms with Crippen molar-refractivity contribution in [2.45, 2.75) is 13.3 Å². The Bertz CT molecular complexity index is 837. The largest absolute Gasteiger partial charge is 0.494 e. The van der Waals surface area contributed by atoms with Crippen LogP contribution in [-0.2, 0) is 9.59 Å². The summed E-state index contributed by atoms with van der Waals surface area (Å²) in [6.07, 6.45) is 0.436. The Balaban J connectivity index is 0.000000817. The maximum atomic E-state index is 13.2. The van der Waals surface area contributed by atoms with Crippen LogP contribution in [0.5, 0.6) is 5.75 Å². The molecule has 1 aliphatic rings. The van der Waals surface area contributed by atoms with Gasteiger partial charge in [-0.05, 0) is 29.8 Å². The monoisotopic (exact) mass is 373 g/mol. The first-order chi connectivity index (χ1) is 13.0. The number of carboxylic acid groups (broad SMARTS) is 1. The summed E-state index contributed by atoms with van der Waals surface area (Å²) in [6.45, 7) is 1.73. The van der Waals surface area contributed by atoms with E-state index < -0.39 is 0 Å². The molecule has 1 amide bonds. The third kappa shape index (κ3) is 5.27. The van der Waals surface area contributed by atoms with Crippen LogP contribution >= 0.6 is 0 Å². The molecule has 0 bridgehead atoms. The summed E-state index contributed by atoms with van der Waals surface area (Å²) in [5.41, 5.74) is 5.86. The quantitative estimate of drug-likeness (QED) is 0.715. The number of nitrogens with one attached hydrogen (secondary N) is 2. The number of methoxy groups -OCH3 is 1. The summed E-state index contributed by atoms with van der Waals surface area (Å²) < 4.78 is 18.4. The number of nitrogens with zero attached hydrogens (tertiary/aromatic N) is 1. The van der Waals surface area contributed by atoms with Crippen LogP contribution in [0.25, 0.3) is 0 Å². The molecule has 0 saturated heterocycles. The van der Waals surface area contributed by atoms with Crippen LogP contribution < -0.4 is 15.5 Å². The SMILES string of the molecule is COc1cc(F)ccc1Nc1ccc(C2=NNC(=O)C[C@H]2C)cc1.O=CO. The van der Waals surface area contributed by atoms with Crippen LogP contribution in [0.15, 0.2) is 47.6 Å². The van der Waals surface area contributed by atoms with Crippen LogP contribution in [0.2, 0.25) is 0 Å². The highest BCUT2D eigenvalue weighted by atomic mass is 19.1. The van der Waals surface area contributed by atoms with Gasteiger partial charge in [0.15, 0.2) is 0 Å². The van der Waals surface area contributed by atoms with Gasteiger partial charge in [-0.3, -0.25) is 9.59 Å². The predicted molar refractivity (Wildman–Crippen MR) is 99.8 cm³/mol. The van der Waals surface area contributed by atoms with Crippen molar-refractivity contribution >= 4 is 29.5 Å². The van der Waals surface area contributed by atoms with Crippen molar-refractivity contribution in [1.82, 2.24) is 5.43 Å². The first kappa shape index (κ1) is 19.9. The van der Waals surface area contributed by atoms with Gasteiger partial charge in [0.1, 0.15) is 11.6 Å². The summed E-state index contributed by atoms with van der Waals surface area (Å²) >= 11 is 0. The number of amides is 1. The van der Waals surface area contributed by atoms with Crippen LogP contribution in [0, 0.1) is 11.7 Å². The lowest BCUT2D eigenvalue weighted by Gasteiger charge is -2.19. The molecule has 3 N–H and O–H groups in total. The average molecular weight is 373 g/mol.